The Bertz CT molecular complexity index is 434. The molecule has 0 fully saturated rings. The van der Waals surface area contributed by atoms with Gasteiger partial charge in [-0.2, -0.15) is 0 Å². The molecule has 2 rings (SSSR count). The molecule has 0 saturated carbocycles. The van der Waals surface area contributed by atoms with Gasteiger partial charge in [0.15, 0.2) is 11.9 Å². The third-order valence-electron chi connectivity index (χ3n) is 2.38. The maximum absolute atomic E-state index is 11.6. The van der Waals surface area contributed by atoms with Gasteiger partial charge in [0.25, 0.3) is 5.91 Å². The molecule has 1 aliphatic heterocycles. The van der Waals surface area contributed by atoms with Crippen LogP contribution in [0.1, 0.15) is 6.92 Å². The van der Waals surface area contributed by atoms with Crippen molar-refractivity contribution < 1.29 is 9.53 Å². The highest BCUT2D eigenvalue weighted by molar-refractivity contribution is 6.33. The van der Waals surface area contributed by atoms with Crippen molar-refractivity contribution in [3.8, 4) is 5.75 Å². The first-order valence-electron chi connectivity index (χ1n) is 4.54. The summed E-state index contributed by atoms with van der Waals surface area (Å²) in [6.07, 6.45) is -0.511. The Morgan fingerprint density at radius 3 is 2.87 bits per heavy atom. The molecule has 1 heterocycles. The number of anilines is 2. The number of nitrogens with two attached hydrogens (primary N) is 1. The number of ether oxygens (including phenoxy) is 1. The number of halogens is 1. The van der Waals surface area contributed by atoms with E-state index in [1.165, 1.54) is 4.90 Å². The molecule has 0 aromatic heterocycles. The number of nitrogen functional groups attached to an aromatic ring is 1. The lowest BCUT2D eigenvalue weighted by atomic mass is 10.2. The second kappa shape index (κ2) is 3.31. The summed E-state index contributed by atoms with van der Waals surface area (Å²) >= 11 is 5.98. The molecular formula is C10H11ClN2O2. The van der Waals surface area contributed by atoms with E-state index in [0.29, 0.717) is 22.1 Å². The van der Waals surface area contributed by atoms with Crippen LogP contribution in [0.15, 0.2) is 12.1 Å². The molecule has 0 bridgehead atoms. The molecule has 5 heteroatoms. The highest BCUT2D eigenvalue weighted by Crippen LogP contribution is 2.40. The van der Waals surface area contributed by atoms with E-state index in [-0.39, 0.29) is 5.91 Å². The van der Waals surface area contributed by atoms with E-state index >= 15 is 0 Å². The minimum Gasteiger partial charge on any atom is -0.477 e. The Kier molecular flexibility index (Phi) is 2.23. The van der Waals surface area contributed by atoms with Gasteiger partial charge in [0.2, 0.25) is 0 Å². The molecule has 0 spiro atoms. The normalized spacial score (nSPS) is 19.8. The topological polar surface area (TPSA) is 55.6 Å². The molecule has 0 aliphatic carbocycles. The van der Waals surface area contributed by atoms with Crippen LogP contribution >= 0.6 is 11.6 Å². The Morgan fingerprint density at radius 1 is 1.53 bits per heavy atom. The van der Waals surface area contributed by atoms with Gasteiger partial charge in [0, 0.05) is 12.7 Å². The van der Waals surface area contributed by atoms with Gasteiger partial charge in [-0.1, -0.05) is 11.6 Å². The number of rotatable bonds is 0. The summed E-state index contributed by atoms with van der Waals surface area (Å²) < 4.78 is 5.42. The van der Waals surface area contributed by atoms with Gasteiger partial charge in [0.05, 0.1) is 10.7 Å². The van der Waals surface area contributed by atoms with Crippen LogP contribution in [0.5, 0.6) is 5.75 Å². The number of hydrogen-bond donors (Lipinski definition) is 1. The zero-order valence-corrected chi connectivity index (χ0v) is 9.21. The average molecular weight is 227 g/mol. The van der Waals surface area contributed by atoms with E-state index in [0.717, 1.165) is 0 Å². The fourth-order valence-corrected chi connectivity index (χ4v) is 1.85. The first-order valence-corrected chi connectivity index (χ1v) is 4.91. The highest BCUT2D eigenvalue weighted by Gasteiger charge is 2.30. The van der Waals surface area contributed by atoms with Crippen LogP contribution in [-0.4, -0.2) is 19.1 Å². The van der Waals surface area contributed by atoms with E-state index in [4.69, 9.17) is 22.1 Å². The Balaban J connectivity index is 2.60. The third kappa shape index (κ3) is 1.51. The summed E-state index contributed by atoms with van der Waals surface area (Å²) in [6, 6.07) is 3.28. The molecule has 1 aromatic carbocycles. The minimum atomic E-state index is -0.511. The number of fused-ring (bicyclic) bond motifs is 1. The molecule has 15 heavy (non-hydrogen) atoms. The second-order valence-electron chi connectivity index (χ2n) is 3.51. The third-order valence-corrected chi connectivity index (χ3v) is 2.66. The molecule has 4 nitrogen and oxygen atoms in total. The van der Waals surface area contributed by atoms with Gasteiger partial charge in [-0.05, 0) is 19.1 Å². The fourth-order valence-electron chi connectivity index (χ4n) is 1.58. The SMILES string of the molecule is CC1Oc2c(Cl)cc(N)cc2N(C)C1=O. The van der Waals surface area contributed by atoms with Crippen LogP contribution in [0.2, 0.25) is 5.02 Å². The molecule has 1 amide bonds. The smallest absolute Gasteiger partial charge is 0.267 e. The van der Waals surface area contributed by atoms with Crippen molar-refractivity contribution in [1.82, 2.24) is 0 Å². The largest absolute Gasteiger partial charge is 0.477 e. The van der Waals surface area contributed by atoms with Crippen molar-refractivity contribution in [2.24, 2.45) is 0 Å². The summed E-state index contributed by atoms with van der Waals surface area (Å²) in [6.45, 7) is 1.69. The number of amides is 1. The Morgan fingerprint density at radius 2 is 2.20 bits per heavy atom. The van der Waals surface area contributed by atoms with Crippen LogP contribution in [-0.2, 0) is 4.79 Å². The molecule has 0 radical (unpaired) electrons. The summed E-state index contributed by atoms with van der Waals surface area (Å²) in [5.74, 6) is 0.407. The van der Waals surface area contributed by atoms with E-state index in [9.17, 15) is 4.79 Å². The summed E-state index contributed by atoms with van der Waals surface area (Å²) in [5.41, 5.74) is 6.77. The predicted molar refractivity (Wildman–Crippen MR) is 59.4 cm³/mol. The molecular weight excluding hydrogens is 216 g/mol. The molecule has 0 saturated heterocycles. The zero-order valence-electron chi connectivity index (χ0n) is 8.45. The van der Waals surface area contributed by atoms with E-state index in [1.54, 1.807) is 26.1 Å². The van der Waals surface area contributed by atoms with Gasteiger partial charge in [-0.3, -0.25) is 4.79 Å². The van der Waals surface area contributed by atoms with Crippen molar-refractivity contribution in [2.45, 2.75) is 13.0 Å². The van der Waals surface area contributed by atoms with E-state index in [2.05, 4.69) is 0 Å². The van der Waals surface area contributed by atoms with Gasteiger partial charge in [0.1, 0.15) is 0 Å². The molecule has 1 atom stereocenters. The number of benzene rings is 1. The molecule has 1 aromatic rings. The molecule has 1 unspecified atom stereocenters. The highest BCUT2D eigenvalue weighted by atomic mass is 35.5. The fraction of sp³-hybridized carbons (Fsp3) is 0.300. The average Bonchev–Trinajstić information content (AvgIpc) is 2.17. The van der Waals surface area contributed by atoms with E-state index < -0.39 is 6.10 Å². The van der Waals surface area contributed by atoms with Crippen molar-refractivity contribution in [3.63, 3.8) is 0 Å². The van der Waals surface area contributed by atoms with Crippen LogP contribution in [0.4, 0.5) is 11.4 Å². The number of carbonyl (C=O) groups is 1. The maximum atomic E-state index is 11.6. The van der Waals surface area contributed by atoms with Crippen molar-refractivity contribution >= 4 is 28.9 Å². The van der Waals surface area contributed by atoms with Crippen LogP contribution in [0.25, 0.3) is 0 Å². The minimum absolute atomic E-state index is 0.107. The van der Waals surface area contributed by atoms with Gasteiger partial charge in [-0.25, -0.2) is 0 Å². The van der Waals surface area contributed by atoms with Crippen LogP contribution in [0.3, 0.4) is 0 Å². The standard InChI is InChI=1S/C10H11ClN2O2/c1-5-10(14)13(2)8-4-6(12)3-7(11)9(8)15-5/h3-5H,12H2,1-2H3. The van der Waals surface area contributed by atoms with Gasteiger partial charge >= 0.3 is 0 Å². The number of likely N-dealkylation sites (N-methyl/N-ethyl adjacent to an activating group) is 1. The summed E-state index contributed by atoms with van der Waals surface area (Å²) in [4.78, 5) is 13.1. The maximum Gasteiger partial charge on any atom is 0.267 e. The Labute approximate surface area is 92.6 Å². The first-order chi connectivity index (χ1) is 7.00. The number of nitrogens with zero attached hydrogens (tertiary/aromatic N) is 1. The first kappa shape index (κ1) is 10.1. The lowest BCUT2D eigenvalue weighted by molar-refractivity contribution is -0.125. The summed E-state index contributed by atoms with van der Waals surface area (Å²) in [7, 11) is 1.68. The molecule has 2 N–H and O–H groups in total. The monoisotopic (exact) mass is 226 g/mol. The van der Waals surface area contributed by atoms with E-state index in [1.807, 2.05) is 0 Å². The van der Waals surface area contributed by atoms with Crippen molar-refractivity contribution in [1.29, 1.82) is 0 Å². The van der Waals surface area contributed by atoms with Crippen LogP contribution in [0, 0.1) is 0 Å². The lowest BCUT2D eigenvalue weighted by Crippen LogP contribution is -2.42. The van der Waals surface area contributed by atoms with Gasteiger partial charge < -0.3 is 15.4 Å². The second-order valence-corrected chi connectivity index (χ2v) is 3.92. The zero-order chi connectivity index (χ0) is 11.2. The Hall–Kier alpha value is -1.42. The predicted octanol–water partition coefficient (Wildman–Crippen LogP) is 1.67. The van der Waals surface area contributed by atoms with Crippen LogP contribution < -0.4 is 15.4 Å². The van der Waals surface area contributed by atoms with Crippen molar-refractivity contribution in [3.05, 3.63) is 17.2 Å². The molecule has 80 valence electrons. The summed E-state index contributed by atoms with van der Waals surface area (Å²) in [5, 5.41) is 0.427. The van der Waals surface area contributed by atoms with Gasteiger partial charge in [-0.15, -0.1) is 0 Å². The molecule has 1 aliphatic rings. The number of carbonyl (C=O) groups excluding carboxylic acids is 1. The lowest BCUT2D eigenvalue weighted by Gasteiger charge is -2.30. The number of hydrogen-bond acceptors (Lipinski definition) is 3. The quantitative estimate of drug-likeness (QED) is 0.685. The van der Waals surface area contributed by atoms with Crippen molar-refractivity contribution in [2.75, 3.05) is 17.7 Å².